The van der Waals surface area contributed by atoms with Crippen LogP contribution in [0.2, 0.25) is 0 Å². The molecule has 8 nitrogen and oxygen atoms in total. The predicted octanol–water partition coefficient (Wildman–Crippen LogP) is 0.269. The number of carbonyl (C=O) groups is 4. The summed E-state index contributed by atoms with van der Waals surface area (Å²) in [6.45, 7) is 3.18. The molecule has 2 heterocycles. The Kier molecular flexibility index (Phi) is 3.88. The van der Waals surface area contributed by atoms with Crippen LogP contribution in [0.4, 0.5) is 5.69 Å². The smallest absolute Gasteiger partial charge is 0.355 e. The molecule has 2 aliphatic rings. The average molecular weight is 329 g/mol. The Hall–Kier alpha value is -3.03. The van der Waals surface area contributed by atoms with Crippen LogP contribution in [-0.2, 0) is 19.1 Å². The highest BCUT2D eigenvalue weighted by atomic mass is 16.5. The zero-order chi connectivity index (χ0) is 17.4. The molecule has 0 bridgehead atoms. The lowest BCUT2D eigenvalue weighted by molar-refractivity contribution is -0.136. The summed E-state index contributed by atoms with van der Waals surface area (Å²) in [5.74, 6) is -3.00. The molecule has 3 rings (SSSR count). The molecular formula is C16H15N3O5. The van der Waals surface area contributed by atoms with Gasteiger partial charge in [-0.25, -0.2) is 9.69 Å². The SMILES string of the molecule is CCOC(=O)C1=NNC2C(=O)N(c3cccc(C(C)=O)c3)C(=O)C12. The number of amides is 2. The minimum Gasteiger partial charge on any atom is -0.461 e. The van der Waals surface area contributed by atoms with Crippen LogP contribution in [0.3, 0.4) is 0 Å². The summed E-state index contributed by atoms with van der Waals surface area (Å²) in [4.78, 5) is 49.6. The van der Waals surface area contributed by atoms with Gasteiger partial charge in [0.15, 0.2) is 11.5 Å². The van der Waals surface area contributed by atoms with Gasteiger partial charge in [0.05, 0.1) is 12.3 Å². The number of ether oxygens (including phenoxy) is 1. The number of benzene rings is 1. The van der Waals surface area contributed by atoms with Gasteiger partial charge in [-0.15, -0.1) is 0 Å². The van der Waals surface area contributed by atoms with Crippen molar-refractivity contribution in [3.8, 4) is 0 Å². The van der Waals surface area contributed by atoms with Crippen LogP contribution < -0.4 is 10.3 Å². The van der Waals surface area contributed by atoms with Gasteiger partial charge < -0.3 is 4.74 Å². The fraction of sp³-hybridized carbons (Fsp3) is 0.312. The van der Waals surface area contributed by atoms with Crippen LogP contribution in [0.5, 0.6) is 0 Å². The van der Waals surface area contributed by atoms with Crippen LogP contribution >= 0.6 is 0 Å². The third kappa shape index (κ3) is 2.36. The van der Waals surface area contributed by atoms with Crippen molar-refractivity contribution in [1.29, 1.82) is 0 Å². The number of nitrogens with zero attached hydrogens (tertiary/aromatic N) is 2. The number of nitrogens with one attached hydrogen (secondary N) is 1. The quantitative estimate of drug-likeness (QED) is 0.483. The number of ketones is 1. The first-order chi connectivity index (χ1) is 11.5. The average Bonchev–Trinajstić information content (AvgIpc) is 3.09. The Balaban J connectivity index is 1.94. The first kappa shape index (κ1) is 15.9. The van der Waals surface area contributed by atoms with E-state index in [9.17, 15) is 19.2 Å². The molecule has 1 saturated heterocycles. The maximum atomic E-state index is 12.7. The van der Waals surface area contributed by atoms with E-state index in [1.165, 1.54) is 13.0 Å². The molecule has 2 atom stereocenters. The van der Waals surface area contributed by atoms with Crippen LogP contribution in [0.1, 0.15) is 24.2 Å². The van der Waals surface area contributed by atoms with Gasteiger partial charge in [-0.1, -0.05) is 12.1 Å². The predicted molar refractivity (Wildman–Crippen MR) is 83.4 cm³/mol. The molecule has 1 N–H and O–H groups in total. The van der Waals surface area contributed by atoms with Gasteiger partial charge in [0.25, 0.3) is 5.91 Å². The van der Waals surface area contributed by atoms with E-state index in [2.05, 4.69) is 10.5 Å². The number of hydrogen-bond donors (Lipinski definition) is 1. The van der Waals surface area contributed by atoms with Crippen molar-refractivity contribution >= 4 is 35.0 Å². The van der Waals surface area contributed by atoms with Crippen molar-refractivity contribution in [3.05, 3.63) is 29.8 Å². The fourth-order valence-electron chi connectivity index (χ4n) is 2.78. The zero-order valence-corrected chi connectivity index (χ0v) is 13.1. The number of imide groups is 1. The number of esters is 1. The Labute approximate surface area is 137 Å². The number of rotatable bonds is 4. The lowest BCUT2D eigenvalue weighted by Crippen LogP contribution is -2.36. The topological polar surface area (TPSA) is 105 Å². The van der Waals surface area contributed by atoms with E-state index in [4.69, 9.17) is 4.74 Å². The van der Waals surface area contributed by atoms with Gasteiger partial charge in [0.2, 0.25) is 5.91 Å². The van der Waals surface area contributed by atoms with E-state index in [0.29, 0.717) is 5.56 Å². The largest absolute Gasteiger partial charge is 0.461 e. The number of Topliss-reactive ketones (excluding diaryl/α,β-unsaturated/α-hetero) is 1. The summed E-state index contributed by atoms with van der Waals surface area (Å²) in [5, 5.41) is 3.78. The van der Waals surface area contributed by atoms with Crippen LogP contribution in [0, 0.1) is 5.92 Å². The standard InChI is InChI=1S/C16H15N3O5/c1-3-24-16(23)13-11-12(17-18-13)15(22)19(14(11)21)10-6-4-5-9(7-10)8(2)20/h4-7,11-12,17H,3H2,1-2H3. The summed E-state index contributed by atoms with van der Waals surface area (Å²) in [5.41, 5.74) is 3.10. The molecule has 24 heavy (non-hydrogen) atoms. The van der Waals surface area contributed by atoms with Crippen molar-refractivity contribution in [2.45, 2.75) is 19.9 Å². The number of anilines is 1. The van der Waals surface area contributed by atoms with E-state index >= 15 is 0 Å². The minimum absolute atomic E-state index is 0.106. The lowest BCUT2D eigenvalue weighted by atomic mass is 9.99. The van der Waals surface area contributed by atoms with E-state index in [1.807, 2.05) is 0 Å². The van der Waals surface area contributed by atoms with E-state index in [-0.39, 0.29) is 23.8 Å². The Morgan fingerprint density at radius 2 is 2.04 bits per heavy atom. The summed E-state index contributed by atoms with van der Waals surface area (Å²) >= 11 is 0. The highest BCUT2D eigenvalue weighted by Gasteiger charge is 2.55. The van der Waals surface area contributed by atoms with Crippen LogP contribution in [0.15, 0.2) is 29.4 Å². The maximum absolute atomic E-state index is 12.7. The normalized spacial score (nSPS) is 22.1. The van der Waals surface area contributed by atoms with E-state index < -0.39 is 29.7 Å². The highest BCUT2D eigenvalue weighted by Crippen LogP contribution is 2.31. The molecule has 0 radical (unpaired) electrons. The monoisotopic (exact) mass is 329 g/mol. The molecule has 124 valence electrons. The molecular weight excluding hydrogens is 314 g/mol. The van der Waals surface area contributed by atoms with Gasteiger partial charge in [-0.05, 0) is 26.0 Å². The van der Waals surface area contributed by atoms with Crippen molar-refractivity contribution in [2.75, 3.05) is 11.5 Å². The molecule has 1 aromatic rings. The number of hydrazone groups is 1. The van der Waals surface area contributed by atoms with Gasteiger partial charge in [0, 0.05) is 5.56 Å². The summed E-state index contributed by atoms with van der Waals surface area (Å²) in [7, 11) is 0. The van der Waals surface area contributed by atoms with Gasteiger partial charge >= 0.3 is 5.97 Å². The van der Waals surface area contributed by atoms with Crippen molar-refractivity contribution in [1.82, 2.24) is 5.43 Å². The third-order valence-electron chi connectivity index (χ3n) is 3.92. The lowest BCUT2D eigenvalue weighted by Gasteiger charge is -2.16. The Bertz CT molecular complexity index is 786. The molecule has 0 aromatic heterocycles. The first-order valence-corrected chi connectivity index (χ1v) is 7.44. The van der Waals surface area contributed by atoms with E-state index in [1.54, 1.807) is 25.1 Å². The molecule has 8 heteroatoms. The second-order valence-corrected chi connectivity index (χ2v) is 5.42. The van der Waals surface area contributed by atoms with Gasteiger partial charge in [-0.3, -0.25) is 19.8 Å². The minimum atomic E-state index is -1.02. The summed E-state index contributed by atoms with van der Waals surface area (Å²) < 4.78 is 4.87. The molecule has 2 amide bonds. The summed E-state index contributed by atoms with van der Waals surface area (Å²) in [6, 6.07) is 5.29. The molecule has 1 fully saturated rings. The van der Waals surface area contributed by atoms with E-state index in [0.717, 1.165) is 4.90 Å². The van der Waals surface area contributed by atoms with Crippen LogP contribution in [-0.4, -0.2) is 41.9 Å². The summed E-state index contributed by atoms with van der Waals surface area (Å²) in [6.07, 6.45) is 0. The Morgan fingerprint density at radius 3 is 2.71 bits per heavy atom. The number of carbonyl (C=O) groups excluding carboxylic acids is 4. The van der Waals surface area contributed by atoms with Crippen molar-refractivity contribution in [2.24, 2.45) is 11.0 Å². The van der Waals surface area contributed by atoms with Crippen molar-refractivity contribution < 1.29 is 23.9 Å². The molecule has 0 spiro atoms. The number of fused-ring (bicyclic) bond motifs is 1. The Morgan fingerprint density at radius 1 is 1.29 bits per heavy atom. The fourth-order valence-corrected chi connectivity index (χ4v) is 2.78. The van der Waals surface area contributed by atoms with Gasteiger partial charge in [-0.2, -0.15) is 5.10 Å². The van der Waals surface area contributed by atoms with Crippen LogP contribution in [0.25, 0.3) is 0 Å². The second kappa shape index (κ2) is 5.88. The maximum Gasteiger partial charge on any atom is 0.355 e. The molecule has 1 aromatic carbocycles. The third-order valence-corrected chi connectivity index (χ3v) is 3.92. The molecule has 2 aliphatic heterocycles. The highest BCUT2D eigenvalue weighted by molar-refractivity contribution is 6.46. The molecule has 2 unspecified atom stereocenters. The first-order valence-electron chi connectivity index (χ1n) is 7.44. The molecule has 0 aliphatic carbocycles. The van der Waals surface area contributed by atoms with Crippen molar-refractivity contribution in [3.63, 3.8) is 0 Å². The second-order valence-electron chi connectivity index (χ2n) is 5.42. The number of hydrogen-bond acceptors (Lipinski definition) is 7. The molecule has 0 saturated carbocycles. The zero-order valence-electron chi connectivity index (χ0n) is 13.1. The van der Waals surface area contributed by atoms with Gasteiger partial charge in [0.1, 0.15) is 12.0 Å².